The van der Waals surface area contributed by atoms with Gasteiger partial charge in [0.2, 0.25) is 10.0 Å². The quantitative estimate of drug-likeness (QED) is 0.793. The summed E-state index contributed by atoms with van der Waals surface area (Å²) in [6.45, 7) is 5.69. The summed E-state index contributed by atoms with van der Waals surface area (Å²) in [6.07, 6.45) is 1.45. The van der Waals surface area contributed by atoms with E-state index >= 15 is 0 Å². The van der Waals surface area contributed by atoms with Gasteiger partial charge in [-0.05, 0) is 19.1 Å². The maximum absolute atomic E-state index is 12.1. The van der Waals surface area contributed by atoms with Crippen molar-refractivity contribution in [1.82, 2.24) is 9.29 Å². The van der Waals surface area contributed by atoms with Gasteiger partial charge >= 0.3 is 0 Å². The molecular formula is C10H15N3O2S. The maximum Gasteiger partial charge on any atom is 0.246 e. The number of hydrogen-bond donors (Lipinski definition) is 1. The third-order valence-electron chi connectivity index (χ3n) is 1.98. The van der Waals surface area contributed by atoms with Crippen LogP contribution in [0.15, 0.2) is 35.4 Å². The van der Waals surface area contributed by atoms with Gasteiger partial charge in [-0.25, -0.2) is 13.4 Å². The summed E-state index contributed by atoms with van der Waals surface area (Å²) in [6, 6.07) is 2.98. The highest BCUT2D eigenvalue weighted by Gasteiger charge is 2.23. The van der Waals surface area contributed by atoms with E-state index in [9.17, 15) is 8.42 Å². The predicted molar refractivity (Wildman–Crippen MR) is 63.3 cm³/mol. The van der Waals surface area contributed by atoms with Gasteiger partial charge in [0, 0.05) is 19.8 Å². The highest BCUT2D eigenvalue weighted by Crippen LogP contribution is 2.19. The highest BCUT2D eigenvalue weighted by atomic mass is 32.2. The number of nitrogens with two attached hydrogens (primary N) is 1. The molecule has 0 fully saturated rings. The van der Waals surface area contributed by atoms with Crippen molar-refractivity contribution in [3.63, 3.8) is 0 Å². The van der Waals surface area contributed by atoms with Crippen LogP contribution in [0.25, 0.3) is 0 Å². The number of pyridine rings is 1. The predicted octanol–water partition coefficient (Wildman–Crippen LogP) is 0.860. The minimum absolute atomic E-state index is 0.0102. The van der Waals surface area contributed by atoms with Crippen molar-refractivity contribution in [3.05, 3.63) is 30.5 Å². The summed E-state index contributed by atoms with van der Waals surface area (Å²) in [4.78, 5) is 3.78. The van der Waals surface area contributed by atoms with E-state index in [0.717, 1.165) is 5.57 Å². The molecule has 0 atom stereocenters. The minimum Gasteiger partial charge on any atom is -0.383 e. The molecule has 0 saturated heterocycles. The van der Waals surface area contributed by atoms with Crippen LogP contribution < -0.4 is 5.73 Å². The normalized spacial score (nSPS) is 11.7. The zero-order valence-electron chi connectivity index (χ0n) is 9.34. The van der Waals surface area contributed by atoms with Crippen LogP contribution in [-0.4, -0.2) is 31.3 Å². The average molecular weight is 241 g/mol. The molecule has 0 radical (unpaired) electrons. The Kier molecular flexibility index (Phi) is 3.66. The first-order valence-electron chi connectivity index (χ1n) is 4.67. The molecule has 0 aliphatic heterocycles. The second-order valence-electron chi connectivity index (χ2n) is 3.60. The molecular weight excluding hydrogens is 226 g/mol. The Bertz CT molecular complexity index is 497. The number of likely N-dealkylation sites (N-methyl/N-ethyl adjacent to an activating group) is 1. The van der Waals surface area contributed by atoms with Crippen LogP contribution in [0, 0.1) is 0 Å². The topological polar surface area (TPSA) is 76.3 Å². The van der Waals surface area contributed by atoms with Crippen molar-refractivity contribution >= 4 is 15.8 Å². The molecule has 0 amide bonds. The monoisotopic (exact) mass is 241 g/mol. The number of nitrogen functional groups attached to an aromatic ring is 1. The van der Waals surface area contributed by atoms with E-state index in [1.165, 1.54) is 29.7 Å². The zero-order chi connectivity index (χ0) is 12.3. The van der Waals surface area contributed by atoms with Gasteiger partial charge in [-0.15, -0.1) is 0 Å². The molecule has 0 aliphatic carbocycles. The first-order valence-corrected chi connectivity index (χ1v) is 6.11. The second kappa shape index (κ2) is 4.63. The van der Waals surface area contributed by atoms with Crippen LogP contribution >= 0.6 is 0 Å². The molecule has 0 aromatic carbocycles. The lowest BCUT2D eigenvalue weighted by Crippen LogP contribution is -2.29. The largest absolute Gasteiger partial charge is 0.383 e. The SMILES string of the molecule is C=C(C)CN(C)S(=O)(=O)c1cccnc1N. The summed E-state index contributed by atoms with van der Waals surface area (Å²) < 4.78 is 25.3. The fourth-order valence-electron chi connectivity index (χ4n) is 1.25. The Morgan fingerprint density at radius 2 is 2.25 bits per heavy atom. The van der Waals surface area contributed by atoms with Crippen LogP contribution in [-0.2, 0) is 10.0 Å². The summed E-state index contributed by atoms with van der Waals surface area (Å²) in [7, 11) is -2.10. The van der Waals surface area contributed by atoms with E-state index in [1.807, 2.05) is 0 Å². The smallest absolute Gasteiger partial charge is 0.246 e. The second-order valence-corrected chi connectivity index (χ2v) is 5.62. The van der Waals surface area contributed by atoms with Crippen molar-refractivity contribution < 1.29 is 8.42 Å². The van der Waals surface area contributed by atoms with Gasteiger partial charge in [0.15, 0.2) is 0 Å². The Morgan fingerprint density at radius 1 is 1.62 bits per heavy atom. The Labute approximate surface area is 95.6 Å². The number of aromatic nitrogens is 1. The third kappa shape index (κ3) is 2.59. The van der Waals surface area contributed by atoms with Crippen LogP contribution in [0.1, 0.15) is 6.92 Å². The molecule has 1 aromatic rings. The molecule has 1 heterocycles. The van der Waals surface area contributed by atoms with Crippen LogP contribution in [0.3, 0.4) is 0 Å². The van der Waals surface area contributed by atoms with E-state index < -0.39 is 10.0 Å². The van der Waals surface area contributed by atoms with Crippen molar-refractivity contribution in [2.24, 2.45) is 0 Å². The van der Waals surface area contributed by atoms with Gasteiger partial charge < -0.3 is 5.73 Å². The molecule has 16 heavy (non-hydrogen) atoms. The number of hydrogen-bond acceptors (Lipinski definition) is 4. The molecule has 0 bridgehead atoms. The van der Waals surface area contributed by atoms with Crippen LogP contribution in [0.5, 0.6) is 0 Å². The maximum atomic E-state index is 12.1. The van der Waals surface area contributed by atoms with Gasteiger partial charge in [0.25, 0.3) is 0 Å². The summed E-state index contributed by atoms with van der Waals surface area (Å²) in [5.74, 6) is 0.0102. The summed E-state index contributed by atoms with van der Waals surface area (Å²) in [5, 5.41) is 0. The molecule has 1 rings (SSSR count). The minimum atomic E-state index is -3.58. The van der Waals surface area contributed by atoms with E-state index in [1.54, 1.807) is 6.92 Å². The summed E-state index contributed by atoms with van der Waals surface area (Å²) in [5.41, 5.74) is 6.29. The first kappa shape index (κ1) is 12.7. The van der Waals surface area contributed by atoms with Crippen molar-refractivity contribution in [2.75, 3.05) is 19.3 Å². The van der Waals surface area contributed by atoms with Gasteiger partial charge in [-0.2, -0.15) is 4.31 Å². The van der Waals surface area contributed by atoms with Crippen LogP contribution in [0.4, 0.5) is 5.82 Å². The number of sulfonamides is 1. The van der Waals surface area contributed by atoms with Crippen LogP contribution in [0.2, 0.25) is 0 Å². The third-order valence-corrected chi connectivity index (χ3v) is 3.83. The van der Waals surface area contributed by atoms with Gasteiger partial charge in [-0.1, -0.05) is 12.2 Å². The van der Waals surface area contributed by atoms with Gasteiger partial charge in [-0.3, -0.25) is 0 Å². The van der Waals surface area contributed by atoms with E-state index in [0.29, 0.717) is 0 Å². The lowest BCUT2D eigenvalue weighted by atomic mass is 10.4. The fraction of sp³-hybridized carbons (Fsp3) is 0.300. The van der Waals surface area contributed by atoms with Gasteiger partial charge in [0.1, 0.15) is 10.7 Å². The number of rotatable bonds is 4. The molecule has 0 spiro atoms. The van der Waals surface area contributed by atoms with Crippen molar-refractivity contribution in [3.8, 4) is 0 Å². The van der Waals surface area contributed by atoms with Crippen molar-refractivity contribution in [1.29, 1.82) is 0 Å². The van der Waals surface area contributed by atoms with E-state index in [4.69, 9.17) is 5.73 Å². The summed E-state index contributed by atoms with van der Waals surface area (Å²) >= 11 is 0. The zero-order valence-corrected chi connectivity index (χ0v) is 10.2. The lowest BCUT2D eigenvalue weighted by molar-refractivity contribution is 0.493. The molecule has 0 aliphatic rings. The average Bonchev–Trinajstić information content (AvgIpc) is 2.16. The Balaban J connectivity index is 3.12. The highest BCUT2D eigenvalue weighted by molar-refractivity contribution is 7.89. The van der Waals surface area contributed by atoms with E-state index in [2.05, 4.69) is 11.6 Å². The van der Waals surface area contributed by atoms with E-state index in [-0.39, 0.29) is 17.3 Å². The Hall–Kier alpha value is -1.40. The Morgan fingerprint density at radius 3 is 2.75 bits per heavy atom. The molecule has 5 nitrogen and oxygen atoms in total. The molecule has 1 aromatic heterocycles. The molecule has 6 heteroatoms. The van der Waals surface area contributed by atoms with Crippen molar-refractivity contribution in [2.45, 2.75) is 11.8 Å². The standard InChI is InChI=1S/C10H15N3O2S/c1-8(2)7-13(3)16(14,15)9-5-4-6-12-10(9)11/h4-6H,1,7H2,2-3H3,(H2,11,12). The number of anilines is 1. The lowest BCUT2D eigenvalue weighted by Gasteiger charge is -2.17. The fourth-order valence-corrected chi connectivity index (χ4v) is 2.55. The molecule has 88 valence electrons. The number of nitrogens with zero attached hydrogens (tertiary/aromatic N) is 2. The molecule has 2 N–H and O–H groups in total. The molecule has 0 saturated carbocycles. The molecule has 0 unspecified atom stereocenters. The first-order chi connectivity index (χ1) is 7.35. The van der Waals surface area contributed by atoms with Gasteiger partial charge in [0.05, 0.1) is 0 Å².